The number of amides is 2. The van der Waals surface area contributed by atoms with Crippen LogP contribution in [0.1, 0.15) is 19.4 Å². The topological polar surface area (TPSA) is 55.8 Å². The predicted molar refractivity (Wildman–Crippen MR) is 81.2 cm³/mol. The highest BCUT2D eigenvalue weighted by molar-refractivity contribution is 9.10. The second kappa shape index (κ2) is 6.47. The molecule has 0 aliphatic carbocycles. The molecule has 1 heterocycles. The average molecular weight is 356 g/mol. The maximum atomic E-state index is 12.5. The van der Waals surface area contributed by atoms with E-state index in [1.54, 1.807) is 13.2 Å². The second-order valence-corrected chi connectivity index (χ2v) is 6.20. The van der Waals surface area contributed by atoms with Crippen LogP contribution in [-0.4, -0.2) is 36.7 Å². The van der Waals surface area contributed by atoms with Gasteiger partial charge in [0.25, 0.3) is 0 Å². The predicted octanol–water partition coefficient (Wildman–Crippen LogP) is 3.00. The van der Waals surface area contributed by atoms with Gasteiger partial charge in [-0.25, -0.2) is 9.69 Å². The first-order valence-electron chi connectivity index (χ1n) is 6.75. The molecule has 2 rings (SSSR count). The first kappa shape index (κ1) is 15.8. The summed E-state index contributed by atoms with van der Waals surface area (Å²) >= 11 is 3.36. The van der Waals surface area contributed by atoms with Gasteiger partial charge in [0, 0.05) is 10.0 Å². The van der Waals surface area contributed by atoms with E-state index in [4.69, 9.17) is 9.47 Å². The lowest BCUT2D eigenvalue weighted by Crippen LogP contribution is -2.42. The molecular formula is C15H18BrNO4. The Hall–Kier alpha value is -1.56. The van der Waals surface area contributed by atoms with Crippen molar-refractivity contribution in [2.75, 3.05) is 13.7 Å². The summed E-state index contributed by atoms with van der Waals surface area (Å²) in [4.78, 5) is 25.5. The van der Waals surface area contributed by atoms with E-state index >= 15 is 0 Å². The molecule has 1 aromatic carbocycles. The lowest BCUT2D eigenvalue weighted by atomic mass is 10.0. The van der Waals surface area contributed by atoms with Gasteiger partial charge in [0.15, 0.2) is 0 Å². The number of hydrogen-bond acceptors (Lipinski definition) is 4. The number of halogens is 1. The SMILES string of the molecule is COc1cc(Br)ccc1CC(=O)N1C(=O)OCC1C(C)C. The van der Waals surface area contributed by atoms with Crippen molar-refractivity contribution in [1.29, 1.82) is 0 Å². The molecule has 2 amide bonds. The normalized spacial score (nSPS) is 18.0. The minimum Gasteiger partial charge on any atom is -0.496 e. The molecule has 1 unspecified atom stereocenters. The monoisotopic (exact) mass is 355 g/mol. The highest BCUT2D eigenvalue weighted by Crippen LogP contribution is 2.26. The standard InChI is InChI=1S/C15H18BrNO4/c1-9(2)12-8-21-15(19)17(12)14(18)6-10-4-5-11(16)7-13(10)20-3/h4-5,7,9,12H,6,8H2,1-3H3. The fourth-order valence-corrected chi connectivity index (χ4v) is 2.67. The maximum Gasteiger partial charge on any atom is 0.416 e. The van der Waals surface area contributed by atoms with Crippen molar-refractivity contribution in [3.63, 3.8) is 0 Å². The molecule has 1 fully saturated rings. The number of carbonyl (C=O) groups is 2. The van der Waals surface area contributed by atoms with Gasteiger partial charge in [0.05, 0.1) is 19.6 Å². The van der Waals surface area contributed by atoms with Gasteiger partial charge in [-0.1, -0.05) is 35.8 Å². The van der Waals surface area contributed by atoms with Crippen LogP contribution in [-0.2, 0) is 16.0 Å². The molecular weight excluding hydrogens is 338 g/mol. The summed E-state index contributed by atoms with van der Waals surface area (Å²) in [7, 11) is 1.55. The summed E-state index contributed by atoms with van der Waals surface area (Å²) in [6.07, 6.45) is -0.454. The Morgan fingerprint density at radius 1 is 1.52 bits per heavy atom. The third-order valence-electron chi connectivity index (χ3n) is 3.53. The number of ether oxygens (including phenoxy) is 2. The van der Waals surface area contributed by atoms with Gasteiger partial charge in [0.1, 0.15) is 12.4 Å². The van der Waals surface area contributed by atoms with Crippen molar-refractivity contribution < 1.29 is 19.1 Å². The minimum atomic E-state index is -0.560. The molecule has 1 aromatic rings. The molecule has 1 aliphatic heterocycles. The third-order valence-corrected chi connectivity index (χ3v) is 4.03. The molecule has 5 nitrogen and oxygen atoms in total. The fraction of sp³-hybridized carbons (Fsp3) is 0.467. The Balaban J connectivity index is 2.19. The largest absolute Gasteiger partial charge is 0.496 e. The smallest absolute Gasteiger partial charge is 0.416 e. The number of nitrogens with zero attached hydrogens (tertiary/aromatic N) is 1. The van der Waals surface area contributed by atoms with E-state index in [0.29, 0.717) is 5.75 Å². The first-order chi connectivity index (χ1) is 9.93. The number of imide groups is 1. The molecule has 0 radical (unpaired) electrons. The van der Waals surface area contributed by atoms with Crippen molar-refractivity contribution in [3.05, 3.63) is 28.2 Å². The van der Waals surface area contributed by atoms with E-state index in [0.717, 1.165) is 10.0 Å². The highest BCUT2D eigenvalue weighted by atomic mass is 79.9. The second-order valence-electron chi connectivity index (χ2n) is 5.28. The number of hydrogen-bond donors (Lipinski definition) is 0. The molecule has 1 aliphatic rings. The van der Waals surface area contributed by atoms with E-state index in [2.05, 4.69) is 15.9 Å². The van der Waals surface area contributed by atoms with Crippen LogP contribution in [0, 0.1) is 5.92 Å². The van der Waals surface area contributed by atoms with Crippen molar-refractivity contribution in [2.24, 2.45) is 5.92 Å². The number of carbonyl (C=O) groups excluding carboxylic acids is 2. The Labute approximate surface area is 132 Å². The molecule has 0 bridgehead atoms. The molecule has 1 atom stereocenters. The fourth-order valence-electron chi connectivity index (χ4n) is 2.33. The van der Waals surface area contributed by atoms with E-state index in [-0.39, 0.29) is 30.9 Å². The maximum absolute atomic E-state index is 12.5. The lowest BCUT2D eigenvalue weighted by molar-refractivity contribution is -0.129. The molecule has 0 N–H and O–H groups in total. The van der Waals surface area contributed by atoms with Gasteiger partial charge in [-0.05, 0) is 18.1 Å². The zero-order valence-electron chi connectivity index (χ0n) is 12.3. The number of cyclic esters (lactones) is 1. The van der Waals surface area contributed by atoms with Crippen LogP contribution in [0.2, 0.25) is 0 Å². The van der Waals surface area contributed by atoms with E-state index in [9.17, 15) is 9.59 Å². The van der Waals surface area contributed by atoms with Crippen LogP contribution in [0.15, 0.2) is 22.7 Å². The third kappa shape index (κ3) is 3.37. The van der Waals surface area contributed by atoms with Crippen LogP contribution in [0.25, 0.3) is 0 Å². The summed E-state index contributed by atoms with van der Waals surface area (Å²) in [6, 6.07) is 5.25. The zero-order chi connectivity index (χ0) is 15.6. The molecule has 0 aromatic heterocycles. The van der Waals surface area contributed by atoms with Gasteiger partial charge in [-0.2, -0.15) is 0 Å². The quantitative estimate of drug-likeness (QED) is 0.832. The van der Waals surface area contributed by atoms with Gasteiger partial charge in [0.2, 0.25) is 5.91 Å². The van der Waals surface area contributed by atoms with E-state index in [1.807, 2.05) is 26.0 Å². The van der Waals surface area contributed by atoms with Gasteiger partial charge in [-0.15, -0.1) is 0 Å². The highest BCUT2D eigenvalue weighted by Gasteiger charge is 2.39. The molecule has 114 valence electrons. The number of methoxy groups -OCH3 is 1. The van der Waals surface area contributed by atoms with Crippen LogP contribution in [0.4, 0.5) is 4.79 Å². The van der Waals surface area contributed by atoms with Crippen molar-refractivity contribution in [1.82, 2.24) is 4.90 Å². The Bertz CT molecular complexity index is 559. The van der Waals surface area contributed by atoms with E-state index < -0.39 is 6.09 Å². The van der Waals surface area contributed by atoms with Crippen molar-refractivity contribution in [2.45, 2.75) is 26.3 Å². The lowest BCUT2D eigenvalue weighted by Gasteiger charge is -2.22. The summed E-state index contributed by atoms with van der Waals surface area (Å²) in [5, 5.41) is 0. The van der Waals surface area contributed by atoms with Crippen LogP contribution < -0.4 is 4.74 Å². The van der Waals surface area contributed by atoms with Gasteiger partial charge < -0.3 is 9.47 Å². The molecule has 1 saturated heterocycles. The Kier molecular flexibility index (Phi) is 4.88. The van der Waals surface area contributed by atoms with E-state index in [1.165, 1.54) is 4.90 Å². The van der Waals surface area contributed by atoms with Crippen LogP contribution in [0.5, 0.6) is 5.75 Å². The van der Waals surface area contributed by atoms with Gasteiger partial charge in [-0.3, -0.25) is 4.79 Å². The van der Waals surface area contributed by atoms with Gasteiger partial charge >= 0.3 is 6.09 Å². The zero-order valence-corrected chi connectivity index (χ0v) is 13.8. The molecule has 21 heavy (non-hydrogen) atoms. The Morgan fingerprint density at radius 2 is 2.24 bits per heavy atom. The van der Waals surface area contributed by atoms with Crippen LogP contribution >= 0.6 is 15.9 Å². The summed E-state index contributed by atoms with van der Waals surface area (Å²) in [5.74, 6) is 0.510. The minimum absolute atomic E-state index is 0.106. The Morgan fingerprint density at radius 3 is 2.86 bits per heavy atom. The number of benzene rings is 1. The van der Waals surface area contributed by atoms with Crippen LogP contribution in [0.3, 0.4) is 0 Å². The number of rotatable bonds is 4. The van der Waals surface area contributed by atoms with Crippen molar-refractivity contribution in [3.8, 4) is 5.75 Å². The average Bonchev–Trinajstić information content (AvgIpc) is 2.82. The molecule has 6 heteroatoms. The first-order valence-corrected chi connectivity index (χ1v) is 7.54. The molecule has 0 spiro atoms. The summed E-state index contributed by atoms with van der Waals surface area (Å²) in [5.41, 5.74) is 0.743. The summed E-state index contributed by atoms with van der Waals surface area (Å²) in [6.45, 7) is 4.19. The molecule has 0 saturated carbocycles. The summed E-state index contributed by atoms with van der Waals surface area (Å²) < 4.78 is 11.1. The van der Waals surface area contributed by atoms with Crippen molar-refractivity contribution >= 4 is 27.9 Å².